The number of benzene rings is 3. The van der Waals surface area contributed by atoms with Crippen molar-refractivity contribution >= 4 is 41.7 Å². The highest BCUT2D eigenvalue weighted by molar-refractivity contribution is 5.98. The number of amides is 4. The Hall–Kier alpha value is -5.77. The second kappa shape index (κ2) is 25.2. The first-order chi connectivity index (χ1) is 31.3. The predicted octanol–water partition coefficient (Wildman–Crippen LogP) is 4.92. The molecule has 1 heterocycles. The van der Waals surface area contributed by atoms with Gasteiger partial charge in [-0.3, -0.25) is 38.5 Å². The number of Topliss-reactive ketones (excluding diaryl/α,β-unsaturated/α-hetero) is 1. The Balaban J connectivity index is 1.50. The third-order valence-electron chi connectivity index (χ3n) is 11.0. The van der Waals surface area contributed by atoms with Gasteiger partial charge in [-0.2, -0.15) is 0 Å². The molecule has 4 N–H and O–H groups in total. The summed E-state index contributed by atoms with van der Waals surface area (Å²) in [5, 5.41) is 11.3. The molecule has 0 aliphatic carbocycles. The normalized spacial score (nSPS) is 16.3. The SMILES string of the molecule is CCCOCCN(CC(=O)N[C@@H](CCc1ccccc1)C(=O)N[C@@H](C)C(=O)N[C@@H](Cc1ccccc1)C(=O)N[C@@H](CC(C)C)C(=O)[C@@]1(C)CO1)Cc1ccc(OC(=O)C(C)(C)C)c(C=O)c1. The van der Waals surface area contributed by atoms with Crippen LogP contribution in [0.4, 0.5) is 0 Å². The minimum absolute atomic E-state index is 0.0825. The average Bonchev–Trinajstić information content (AvgIpc) is 4.04. The van der Waals surface area contributed by atoms with Crippen LogP contribution in [0.2, 0.25) is 0 Å². The van der Waals surface area contributed by atoms with Gasteiger partial charge < -0.3 is 35.5 Å². The fraction of sp³-hybridized carbons (Fsp3) is 0.510. The van der Waals surface area contributed by atoms with Gasteiger partial charge in [0.05, 0.1) is 36.8 Å². The van der Waals surface area contributed by atoms with Gasteiger partial charge in [0, 0.05) is 26.1 Å². The second-order valence-electron chi connectivity index (χ2n) is 18.7. The summed E-state index contributed by atoms with van der Waals surface area (Å²) in [5.74, 6) is -2.74. The number of nitrogens with zero attached hydrogens (tertiary/aromatic N) is 1. The summed E-state index contributed by atoms with van der Waals surface area (Å²) in [7, 11) is 0. The largest absolute Gasteiger partial charge is 0.425 e. The van der Waals surface area contributed by atoms with Crippen molar-refractivity contribution in [1.29, 1.82) is 0 Å². The van der Waals surface area contributed by atoms with E-state index in [4.69, 9.17) is 14.2 Å². The van der Waals surface area contributed by atoms with Crippen LogP contribution in [0, 0.1) is 11.3 Å². The maximum Gasteiger partial charge on any atom is 0.316 e. The number of aryl methyl sites for hydroxylation is 1. The molecule has 0 spiro atoms. The molecule has 0 saturated carbocycles. The number of epoxide rings is 1. The highest BCUT2D eigenvalue weighted by Gasteiger charge is 2.50. The van der Waals surface area contributed by atoms with E-state index in [1.165, 1.54) is 6.92 Å². The molecular weight excluding hydrogens is 843 g/mol. The zero-order chi connectivity index (χ0) is 48.4. The standard InChI is InChI=1S/C51H69N5O10/c1-9-25-64-26-24-56(30-38-21-23-43(39(28-38)32-57)66-49(63)50(5,6)7)31-44(58)53-40(22-20-36-16-12-10-13-17-36)47(61)52-35(4)46(60)55-42(29-37-18-14-11-15-19-37)48(62)54-41(27-34(2)3)45(59)51(8)33-65-51/h10-19,21,23,28,32,34-35,40-42H,9,20,22,24-27,29-31,33H2,1-8H3,(H,52,61)(H,53,58)(H,54,62)(H,55,60)/t35-,40-,41-,42-,51+/m0/s1. The van der Waals surface area contributed by atoms with Crippen molar-refractivity contribution in [3.05, 3.63) is 101 Å². The predicted molar refractivity (Wildman–Crippen MR) is 250 cm³/mol. The smallest absolute Gasteiger partial charge is 0.316 e. The van der Waals surface area contributed by atoms with Gasteiger partial charge in [0.25, 0.3) is 0 Å². The van der Waals surface area contributed by atoms with Crippen molar-refractivity contribution in [1.82, 2.24) is 26.2 Å². The molecule has 0 radical (unpaired) electrons. The van der Waals surface area contributed by atoms with E-state index in [0.717, 1.165) is 17.5 Å². The minimum Gasteiger partial charge on any atom is -0.425 e. The van der Waals surface area contributed by atoms with E-state index < -0.39 is 64.8 Å². The molecule has 358 valence electrons. The number of rotatable bonds is 27. The molecule has 15 heteroatoms. The molecule has 4 rings (SSSR count). The number of ether oxygens (including phenoxy) is 3. The molecule has 0 unspecified atom stereocenters. The monoisotopic (exact) mass is 912 g/mol. The van der Waals surface area contributed by atoms with E-state index in [9.17, 15) is 33.6 Å². The van der Waals surface area contributed by atoms with Crippen molar-refractivity contribution in [3.8, 4) is 5.75 Å². The summed E-state index contributed by atoms with van der Waals surface area (Å²) in [6.07, 6.45) is 2.57. The van der Waals surface area contributed by atoms with Crippen molar-refractivity contribution in [2.45, 2.75) is 124 Å². The second-order valence-corrected chi connectivity index (χ2v) is 18.7. The van der Waals surface area contributed by atoms with Gasteiger partial charge >= 0.3 is 5.97 Å². The number of esters is 1. The molecule has 66 heavy (non-hydrogen) atoms. The van der Waals surface area contributed by atoms with Gasteiger partial charge in [0.2, 0.25) is 23.6 Å². The first-order valence-corrected chi connectivity index (χ1v) is 22.9. The van der Waals surface area contributed by atoms with Crippen LogP contribution in [-0.4, -0.2) is 109 Å². The Morgan fingerprint density at radius 2 is 1.41 bits per heavy atom. The lowest BCUT2D eigenvalue weighted by atomic mass is 9.93. The number of hydrogen-bond donors (Lipinski definition) is 4. The number of nitrogens with one attached hydrogen (secondary N) is 4. The maximum absolute atomic E-state index is 14.1. The Labute approximate surface area is 389 Å². The van der Waals surface area contributed by atoms with E-state index in [1.54, 1.807) is 45.9 Å². The first kappa shape index (κ1) is 52.9. The molecule has 0 aromatic heterocycles. The number of aldehydes is 1. The van der Waals surface area contributed by atoms with Crippen molar-refractivity contribution in [2.75, 3.05) is 32.9 Å². The molecule has 1 aliphatic heterocycles. The van der Waals surface area contributed by atoms with Crippen LogP contribution >= 0.6 is 0 Å². The quantitative estimate of drug-likeness (QED) is 0.0266. The van der Waals surface area contributed by atoms with E-state index in [1.807, 2.05) is 86.3 Å². The van der Waals surface area contributed by atoms with Crippen LogP contribution in [0.15, 0.2) is 78.9 Å². The molecule has 1 aliphatic rings. The van der Waals surface area contributed by atoms with E-state index in [-0.39, 0.29) is 55.6 Å². The summed E-state index contributed by atoms with van der Waals surface area (Å²) in [6.45, 7) is 15.8. The third kappa shape index (κ3) is 17.2. The molecule has 3 aromatic carbocycles. The zero-order valence-corrected chi connectivity index (χ0v) is 39.8. The van der Waals surface area contributed by atoms with Gasteiger partial charge in [-0.1, -0.05) is 87.5 Å². The number of carbonyl (C=O) groups is 7. The lowest BCUT2D eigenvalue weighted by Gasteiger charge is -2.27. The van der Waals surface area contributed by atoms with Crippen molar-refractivity contribution < 1.29 is 47.8 Å². The molecule has 1 fully saturated rings. The summed E-state index contributed by atoms with van der Waals surface area (Å²) in [4.78, 5) is 95.6. The average molecular weight is 912 g/mol. The highest BCUT2D eigenvalue weighted by Crippen LogP contribution is 2.30. The van der Waals surface area contributed by atoms with Gasteiger partial charge in [-0.15, -0.1) is 0 Å². The maximum atomic E-state index is 14.1. The first-order valence-electron chi connectivity index (χ1n) is 22.9. The van der Waals surface area contributed by atoms with Crippen molar-refractivity contribution in [2.24, 2.45) is 11.3 Å². The van der Waals surface area contributed by atoms with Crippen LogP contribution in [-0.2, 0) is 57.6 Å². The molecule has 1 saturated heterocycles. The fourth-order valence-electron chi connectivity index (χ4n) is 7.04. The van der Waals surface area contributed by atoms with Gasteiger partial charge in [-0.25, -0.2) is 0 Å². The molecular formula is C51H69N5O10. The van der Waals surface area contributed by atoms with Gasteiger partial charge in [-0.05, 0) is 95.0 Å². The fourth-order valence-corrected chi connectivity index (χ4v) is 7.04. The molecule has 4 amide bonds. The number of ketones is 1. The highest BCUT2D eigenvalue weighted by atomic mass is 16.6. The summed E-state index contributed by atoms with van der Waals surface area (Å²) in [6, 6.07) is 19.4. The third-order valence-corrected chi connectivity index (χ3v) is 11.0. The van der Waals surface area contributed by atoms with Crippen LogP contribution < -0.4 is 26.0 Å². The van der Waals surface area contributed by atoms with E-state index in [2.05, 4.69) is 21.3 Å². The topological polar surface area (TPSA) is 202 Å². The Morgan fingerprint density at radius 3 is 2.00 bits per heavy atom. The Kier molecular flexibility index (Phi) is 20.2. The lowest BCUT2D eigenvalue weighted by molar-refractivity contribution is -0.143. The number of carbonyl (C=O) groups excluding carboxylic acids is 7. The minimum atomic E-state index is -1.13. The summed E-state index contributed by atoms with van der Waals surface area (Å²) < 4.78 is 16.7. The van der Waals surface area contributed by atoms with Crippen LogP contribution in [0.5, 0.6) is 5.75 Å². The molecule has 0 bridgehead atoms. The van der Waals surface area contributed by atoms with Crippen molar-refractivity contribution in [3.63, 3.8) is 0 Å². The van der Waals surface area contributed by atoms with Crippen LogP contribution in [0.1, 0.15) is 102 Å². The van der Waals surface area contributed by atoms with E-state index in [0.29, 0.717) is 44.4 Å². The molecule has 3 aromatic rings. The molecule has 5 atom stereocenters. The summed E-state index contributed by atoms with van der Waals surface area (Å²) >= 11 is 0. The van der Waals surface area contributed by atoms with Gasteiger partial charge in [0.1, 0.15) is 29.5 Å². The number of hydrogen-bond acceptors (Lipinski definition) is 11. The van der Waals surface area contributed by atoms with Crippen LogP contribution in [0.25, 0.3) is 0 Å². The zero-order valence-electron chi connectivity index (χ0n) is 39.8. The Bertz CT molecular complexity index is 2100. The molecule has 15 nitrogen and oxygen atoms in total. The van der Waals surface area contributed by atoms with E-state index >= 15 is 0 Å². The summed E-state index contributed by atoms with van der Waals surface area (Å²) in [5.41, 5.74) is 0.840. The van der Waals surface area contributed by atoms with Crippen LogP contribution in [0.3, 0.4) is 0 Å². The Morgan fingerprint density at radius 1 is 0.788 bits per heavy atom. The van der Waals surface area contributed by atoms with Gasteiger partial charge in [0.15, 0.2) is 12.1 Å². The lowest BCUT2D eigenvalue weighted by Crippen LogP contribution is -2.58.